The standard InChI is InChI=1S/C25H36F2O/c1-2-3-18-6-10-21(11-7-18)22-12-8-19(9-13-22)4-5-20-16-24(26)23(14-15-28)25(27)17-20/h2-3,16-19,21-22,28H,4-15H2,1H3/b3-2+. The van der Waals surface area contributed by atoms with Gasteiger partial charge in [0.2, 0.25) is 0 Å². The smallest absolute Gasteiger partial charge is 0.129 e. The number of allylic oxidation sites excluding steroid dienone is 2. The number of benzene rings is 1. The molecule has 0 radical (unpaired) electrons. The molecule has 28 heavy (non-hydrogen) atoms. The molecule has 2 saturated carbocycles. The van der Waals surface area contributed by atoms with E-state index in [9.17, 15) is 8.78 Å². The van der Waals surface area contributed by atoms with Crippen molar-refractivity contribution in [3.05, 3.63) is 47.0 Å². The summed E-state index contributed by atoms with van der Waals surface area (Å²) in [6, 6.07) is 2.92. The zero-order valence-corrected chi connectivity index (χ0v) is 17.3. The van der Waals surface area contributed by atoms with Gasteiger partial charge in [-0.3, -0.25) is 0 Å². The van der Waals surface area contributed by atoms with E-state index in [0.717, 1.165) is 36.2 Å². The van der Waals surface area contributed by atoms with Gasteiger partial charge >= 0.3 is 0 Å². The highest BCUT2D eigenvalue weighted by Crippen LogP contribution is 2.42. The first-order valence-corrected chi connectivity index (χ1v) is 11.3. The molecule has 0 spiro atoms. The summed E-state index contributed by atoms with van der Waals surface area (Å²) in [6.45, 7) is 1.90. The number of hydrogen-bond acceptors (Lipinski definition) is 1. The van der Waals surface area contributed by atoms with Gasteiger partial charge in [0.1, 0.15) is 11.6 Å². The second kappa shape index (κ2) is 10.5. The van der Waals surface area contributed by atoms with E-state index in [1.165, 1.54) is 63.5 Å². The molecule has 1 aromatic rings. The summed E-state index contributed by atoms with van der Waals surface area (Å²) in [7, 11) is 0. The van der Waals surface area contributed by atoms with Crippen molar-refractivity contribution in [3.63, 3.8) is 0 Å². The predicted molar refractivity (Wildman–Crippen MR) is 111 cm³/mol. The molecule has 1 N–H and O–H groups in total. The van der Waals surface area contributed by atoms with Gasteiger partial charge in [0.25, 0.3) is 0 Å². The lowest BCUT2D eigenvalue weighted by Crippen LogP contribution is -2.25. The highest BCUT2D eigenvalue weighted by Gasteiger charge is 2.30. The molecule has 3 rings (SSSR count). The quantitative estimate of drug-likeness (QED) is 0.519. The fraction of sp³-hybridized carbons (Fsp3) is 0.680. The van der Waals surface area contributed by atoms with Gasteiger partial charge in [-0.2, -0.15) is 0 Å². The van der Waals surface area contributed by atoms with Crippen LogP contribution in [0.1, 0.15) is 75.8 Å². The van der Waals surface area contributed by atoms with Crippen LogP contribution in [-0.4, -0.2) is 11.7 Å². The first-order valence-electron chi connectivity index (χ1n) is 11.3. The van der Waals surface area contributed by atoms with Crippen LogP contribution in [0.4, 0.5) is 8.78 Å². The van der Waals surface area contributed by atoms with Crippen LogP contribution in [0, 0.1) is 35.3 Å². The van der Waals surface area contributed by atoms with Crippen LogP contribution in [0.3, 0.4) is 0 Å². The first kappa shape index (κ1) is 21.5. The SMILES string of the molecule is C/C=C/C1CCC(C2CCC(CCc3cc(F)c(CCO)c(F)c3)CC2)CC1. The Labute approximate surface area is 169 Å². The molecule has 0 atom stereocenters. The number of halogens is 2. The van der Waals surface area contributed by atoms with Gasteiger partial charge < -0.3 is 5.11 Å². The molecule has 2 aliphatic rings. The Hall–Kier alpha value is -1.22. The summed E-state index contributed by atoms with van der Waals surface area (Å²) in [5, 5.41) is 8.93. The molecule has 0 saturated heterocycles. The predicted octanol–water partition coefficient (Wildman–Crippen LogP) is 6.62. The molecule has 156 valence electrons. The molecule has 0 amide bonds. The van der Waals surface area contributed by atoms with Crippen molar-refractivity contribution >= 4 is 0 Å². The molecule has 0 bridgehead atoms. The van der Waals surface area contributed by atoms with E-state index >= 15 is 0 Å². The van der Waals surface area contributed by atoms with Gasteiger partial charge in [-0.05, 0) is 99.7 Å². The van der Waals surface area contributed by atoms with Crippen molar-refractivity contribution < 1.29 is 13.9 Å². The molecule has 0 aromatic heterocycles. The first-order chi connectivity index (χ1) is 13.6. The van der Waals surface area contributed by atoms with Gasteiger partial charge in [0, 0.05) is 18.6 Å². The molecule has 1 nitrogen and oxygen atoms in total. The van der Waals surface area contributed by atoms with Crippen LogP contribution in [-0.2, 0) is 12.8 Å². The molecule has 0 aliphatic heterocycles. The van der Waals surface area contributed by atoms with Crippen molar-refractivity contribution in [2.45, 2.75) is 77.6 Å². The lowest BCUT2D eigenvalue weighted by Gasteiger charge is -2.37. The summed E-state index contributed by atoms with van der Waals surface area (Å²) in [5.74, 6) is 2.30. The second-order valence-corrected chi connectivity index (χ2v) is 9.03. The highest BCUT2D eigenvalue weighted by molar-refractivity contribution is 5.26. The molecule has 1 aromatic carbocycles. The maximum atomic E-state index is 14.0. The van der Waals surface area contributed by atoms with E-state index in [2.05, 4.69) is 19.1 Å². The number of aliphatic hydroxyl groups excluding tert-OH is 1. The number of rotatable bonds is 7. The molecule has 2 fully saturated rings. The van der Waals surface area contributed by atoms with Crippen molar-refractivity contribution in [2.75, 3.05) is 6.61 Å². The fourth-order valence-corrected chi connectivity index (χ4v) is 5.55. The van der Waals surface area contributed by atoms with E-state index < -0.39 is 11.6 Å². The van der Waals surface area contributed by atoms with E-state index in [4.69, 9.17) is 5.11 Å². The van der Waals surface area contributed by atoms with Crippen LogP contribution in [0.5, 0.6) is 0 Å². The van der Waals surface area contributed by atoms with Crippen LogP contribution in [0.25, 0.3) is 0 Å². The van der Waals surface area contributed by atoms with Crippen molar-refractivity contribution in [2.24, 2.45) is 23.7 Å². The largest absolute Gasteiger partial charge is 0.396 e. The average molecular weight is 391 g/mol. The lowest BCUT2D eigenvalue weighted by molar-refractivity contribution is 0.152. The van der Waals surface area contributed by atoms with E-state index in [1.54, 1.807) is 0 Å². The average Bonchev–Trinajstić information content (AvgIpc) is 2.70. The summed E-state index contributed by atoms with van der Waals surface area (Å²) in [4.78, 5) is 0. The second-order valence-electron chi connectivity index (χ2n) is 9.03. The minimum absolute atomic E-state index is 0.0101. The fourth-order valence-electron chi connectivity index (χ4n) is 5.55. The molecule has 3 heteroatoms. The minimum atomic E-state index is -0.513. The monoisotopic (exact) mass is 390 g/mol. The van der Waals surface area contributed by atoms with Crippen molar-refractivity contribution in [1.29, 1.82) is 0 Å². The Kier molecular flexibility index (Phi) is 8.08. The maximum Gasteiger partial charge on any atom is 0.129 e. The van der Waals surface area contributed by atoms with Gasteiger partial charge in [0.05, 0.1) is 0 Å². The summed E-state index contributed by atoms with van der Waals surface area (Å²) < 4.78 is 28.1. The zero-order valence-electron chi connectivity index (χ0n) is 17.3. The number of aryl methyl sites for hydroxylation is 1. The number of hydrogen-bond donors (Lipinski definition) is 1. The Balaban J connectivity index is 1.43. The maximum absolute atomic E-state index is 14.0. The summed E-state index contributed by atoms with van der Waals surface area (Å²) in [6.07, 6.45) is 17.1. The Morgan fingerprint density at radius 3 is 2.00 bits per heavy atom. The normalized spacial score (nSPS) is 28.7. The van der Waals surface area contributed by atoms with Crippen LogP contribution >= 0.6 is 0 Å². The Morgan fingerprint density at radius 2 is 1.46 bits per heavy atom. The summed E-state index contributed by atoms with van der Waals surface area (Å²) >= 11 is 0. The lowest BCUT2D eigenvalue weighted by atomic mass is 9.68. The van der Waals surface area contributed by atoms with E-state index in [-0.39, 0.29) is 18.6 Å². The van der Waals surface area contributed by atoms with Gasteiger partial charge in [-0.1, -0.05) is 25.0 Å². The third-order valence-corrected chi connectivity index (χ3v) is 7.24. The zero-order chi connectivity index (χ0) is 19.9. The minimum Gasteiger partial charge on any atom is -0.396 e. The topological polar surface area (TPSA) is 20.2 Å². The highest BCUT2D eigenvalue weighted by atomic mass is 19.1. The van der Waals surface area contributed by atoms with Crippen LogP contribution < -0.4 is 0 Å². The van der Waals surface area contributed by atoms with Gasteiger partial charge in [-0.15, -0.1) is 0 Å². The molecule has 0 heterocycles. The van der Waals surface area contributed by atoms with Crippen molar-refractivity contribution in [1.82, 2.24) is 0 Å². The van der Waals surface area contributed by atoms with Crippen LogP contribution in [0.15, 0.2) is 24.3 Å². The third kappa shape index (κ3) is 5.65. The van der Waals surface area contributed by atoms with Gasteiger partial charge in [0.15, 0.2) is 0 Å². The third-order valence-electron chi connectivity index (χ3n) is 7.24. The van der Waals surface area contributed by atoms with Crippen molar-refractivity contribution in [3.8, 4) is 0 Å². The van der Waals surface area contributed by atoms with Crippen LogP contribution in [0.2, 0.25) is 0 Å². The Morgan fingerprint density at radius 1 is 0.893 bits per heavy atom. The van der Waals surface area contributed by atoms with Gasteiger partial charge in [-0.25, -0.2) is 8.78 Å². The van der Waals surface area contributed by atoms with E-state index in [0.29, 0.717) is 5.92 Å². The van der Waals surface area contributed by atoms with E-state index in [1.807, 2.05) is 0 Å². The molecular weight excluding hydrogens is 354 g/mol. The molecule has 0 unspecified atom stereocenters. The molecule has 2 aliphatic carbocycles. The molecular formula is C25H36F2O. The number of aliphatic hydroxyl groups is 1. The Bertz CT molecular complexity index is 615. The summed E-state index contributed by atoms with van der Waals surface area (Å²) in [5.41, 5.74) is 0.761.